The second kappa shape index (κ2) is 23.1. The van der Waals surface area contributed by atoms with Gasteiger partial charge in [-0.3, -0.25) is 14.5 Å². The van der Waals surface area contributed by atoms with E-state index in [9.17, 15) is 9.13 Å². The Morgan fingerprint density at radius 2 is 1.30 bits per heavy atom. The van der Waals surface area contributed by atoms with Crippen LogP contribution >= 0.6 is 82.3 Å². The number of hydrogen-bond donors (Lipinski definition) is 3. The van der Waals surface area contributed by atoms with Gasteiger partial charge < -0.3 is 20.7 Å². The number of rotatable bonds is 8. The lowest BCUT2D eigenvalue weighted by molar-refractivity contribution is 0.287. The minimum Gasteiger partial charge on any atom is -0.398 e. The molecule has 0 fully saturated rings. The number of nitrogen functional groups attached to an aromatic ring is 1. The van der Waals surface area contributed by atoms with E-state index in [4.69, 9.17) is 45.6 Å². The summed E-state index contributed by atoms with van der Waals surface area (Å²) in [6.45, 7) is 9.74. The van der Waals surface area contributed by atoms with Gasteiger partial charge in [0.25, 0.3) is 0 Å². The van der Waals surface area contributed by atoms with E-state index in [0.717, 1.165) is 51.8 Å². The third-order valence-electron chi connectivity index (χ3n) is 7.35. The molecule has 0 saturated carbocycles. The van der Waals surface area contributed by atoms with Gasteiger partial charge in [0.05, 0.1) is 19.9 Å². The van der Waals surface area contributed by atoms with Crippen molar-refractivity contribution in [3.8, 4) is 22.3 Å². The Kier molecular flexibility index (Phi) is 19.4. The van der Waals surface area contributed by atoms with Gasteiger partial charge in [-0.25, -0.2) is 15.0 Å². The number of anilines is 3. The number of hydrogen-bond acceptors (Lipinski definition) is 11. The van der Waals surface area contributed by atoms with Gasteiger partial charge in [0, 0.05) is 64.9 Å². The lowest BCUT2D eigenvalue weighted by Gasteiger charge is -2.12. The van der Waals surface area contributed by atoms with Crippen LogP contribution in [0.25, 0.3) is 22.3 Å². The molecule has 0 aliphatic carbocycles. The van der Waals surface area contributed by atoms with E-state index in [1.165, 1.54) is 6.20 Å². The maximum Gasteiger partial charge on any atom is 0.224 e. The second-order valence-electron chi connectivity index (χ2n) is 12.1. The zero-order valence-corrected chi connectivity index (χ0v) is 38.2. The van der Waals surface area contributed by atoms with Crippen LogP contribution in [0.2, 0.25) is 15.7 Å². The van der Waals surface area contributed by atoms with Crippen LogP contribution in [0.3, 0.4) is 0 Å². The highest BCUT2D eigenvalue weighted by Crippen LogP contribution is 2.38. The molecule has 4 N–H and O–H groups in total. The molecule has 0 spiro atoms. The smallest absolute Gasteiger partial charge is 0.224 e. The van der Waals surface area contributed by atoms with Crippen LogP contribution in [-0.4, -0.2) is 54.9 Å². The van der Waals surface area contributed by atoms with E-state index in [0.29, 0.717) is 43.2 Å². The van der Waals surface area contributed by atoms with E-state index >= 15 is 0 Å². The number of nitrogens with zero attached hydrogens (tertiary/aromatic N) is 6. The standard InChI is InChI=1S/C16H11BrClN4OP.C14H17N2OP.C4HBrCl2N2.C4H10O/c1-9-2-3-11(7-19-9)10-4-5-13(14(6-10)24-23)21-15-12(17)8-20-16(18)22-15;1-10-4-5-12(9-16-10)11-6-7-13(15)14(8-11)18(2,3)17;5-2-1-8-4(7)9-3(2)6;1-2-3-4-5/h2-8H,1H3,(H,20,21,22);4-9H,15H2,1-3H3;1H;5H,2-4H2,1H3. The second-order valence-corrected chi connectivity index (χ2v) is 18.7. The highest BCUT2D eigenvalue weighted by atomic mass is 79.9. The van der Waals surface area contributed by atoms with Crippen molar-refractivity contribution < 1.29 is 14.2 Å². The summed E-state index contributed by atoms with van der Waals surface area (Å²) in [7, 11) is -2.46. The Labute approximate surface area is 360 Å². The van der Waals surface area contributed by atoms with Crippen molar-refractivity contribution in [3.63, 3.8) is 0 Å². The molecule has 0 aliphatic heterocycles. The molecule has 0 bridgehead atoms. The molecule has 4 heterocycles. The molecule has 0 saturated heterocycles. The van der Waals surface area contributed by atoms with Crippen molar-refractivity contribution in [1.82, 2.24) is 29.9 Å². The monoisotopic (exact) mass is 980 g/mol. The molecule has 11 nitrogen and oxygen atoms in total. The summed E-state index contributed by atoms with van der Waals surface area (Å²) in [6, 6.07) is 19.2. The number of aliphatic hydroxyl groups is 1. The molecule has 0 aliphatic rings. The fraction of sp³-hybridized carbons (Fsp3) is 0.211. The Balaban J connectivity index is 0.000000229. The number of aliphatic hydroxyl groups excluding tert-OH is 1. The van der Waals surface area contributed by atoms with Gasteiger partial charge in [0.15, 0.2) is 8.46 Å². The van der Waals surface area contributed by atoms with Crippen molar-refractivity contribution in [2.24, 2.45) is 0 Å². The maximum atomic E-state index is 12.2. The first-order valence-corrected chi connectivity index (χ1v) is 22.9. The zero-order chi connectivity index (χ0) is 41.4. The third-order valence-corrected chi connectivity index (χ3v) is 11.5. The molecule has 18 heteroatoms. The van der Waals surface area contributed by atoms with Crippen LogP contribution in [0, 0.1) is 13.8 Å². The van der Waals surface area contributed by atoms with Crippen molar-refractivity contribution in [3.05, 3.63) is 122 Å². The van der Waals surface area contributed by atoms with Crippen molar-refractivity contribution in [2.45, 2.75) is 33.6 Å². The molecule has 294 valence electrons. The van der Waals surface area contributed by atoms with E-state index in [1.54, 1.807) is 25.7 Å². The number of pyridine rings is 2. The van der Waals surface area contributed by atoms with Crippen LogP contribution in [0.1, 0.15) is 31.2 Å². The molecular weight excluding hydrogens is 945 g/mol. The van der Waals surface area contributed by atoms with E-state index in [2.05, 4.69) is 74.0 Å². The minimum absolute atomic E-state index is 0.0995. The Morgan fingerprint density at radius 3 is 1.77 bits per heavy atom. The van der Waals surface area contributed by atoms with Gasteiger partial charge >= 0.3 is 0 Å². The summed E-state index contributed by atoms with van der Waals surface area (Å²) in [6.07, 6.45) is 8.71. The molecule has 0 amide bonds. The average molecular weight is 984 g/mol. The third kappa shape index (κ3) is 15.2. The Hall–Kier alpha value is -3.38. The van der Waals surface area contributed by atoms with E-state index < -0.39 is 7.14 Å². The molecular formula is C38H39Br2Cl3N8O3P2. The molecule has 2 aromatic carbocycles. The van der Waals surface area contributed by atoms with Gasteiger partial charge in [0.2, 0.25) is 10.6 Å². The lowest BCUT2D eigenvalue weighted by Crippen LogP contribution is -2.09. The van der Waals surface area contributed by atoms with Crippen LogP contribution in [0.4, 0.5) is 17.2 Å². The molecule has 4 aromatic heterocycles. The Bertz CT molecular complexity index is 2270. The largest absolute Gasteiger partial charge is 0.398 e. The maximum absolute atomic E-state index is 12.2. The number of nitrogens with one attached hydrogen (secondary N) is 1. The molecule has 0 atom stereocenters. The number of halogens is 5. The van der Waals surface area contributed by atoms with Crippen LogP contribution in [0.15, 0.2) is 94.4 Å². The molecule has 56 heavy (non-hydrogen) atoms. The average Bonchev–Trinajstić information content (AvgIpc) is 3.16. The number of benzene rings is 2. The summed E-state index contributed by atoms with van der Waals surface area (Å²) < 4.78 is 25.1. The minimum atomic E-state index is -2.36. The van der Waals surface area contributed by atoms with E-state index in [-0.39, 0.29) is 19.0 Å². The van der Waals surface area contributed by atoms with Gasteiger partial charge in [-0.05, 0) is 136 Å². The van der Waals surface area contributed by atoms with Crippen LogP contribution < -0.4 is 21.7 Å². The molecule has 0 unspecified atom stereocenters. The van der Waals surface area contributed by atoms with Crippen LogP contribution in [0.5, 0.6) is 0 Å². The fourth-order valence-corrected chi connectivity index (χ4v) is 6.89. The summed E-state index contributed by atoms with van der Waals surface area (Å²) >= 11 is 23.2. The summed E-state index contributed by atoms with van der Waals surface area (Å²) in [4.78, 5) is 23.9. The first-order valence-electron chi connectivity index (χ1n) is 16.7. The normalized spacial score (nSPS) is 10.6. The van der Waals surface area contributed by atoms with Gasteiger partial charge in [-0.2, -0.15) is 4.98 Å². The molecule has 0 radical (unpaired) electrons. The van der Waals surface area contributed by atoms with Gasteiger partial charge in [-0.15, -0.1) is 0 Å². The highest BCUT2D eigenvalue weighted by molar-refractivity contribution is 9.11. The van der Waals surface area contributed by atoms with Gasteiger partial charge in [0.1, 0.15) is 18.1 Å². The van der Waals surface area contributed by atoms with E-state index in [1.807, 2.05) is 80.7 Å². The van der Waals surface area contributed by atoms with Crippen molar-refractivity contribution in [2.75, 3.05) is 31.0 Å². The first kappa shape index (κ1) is 47.0. The SMILES string of the molecule is CCCCO.Cc1ccc(-c2ccc(N)c(P(C)(C)=O)c2)cn1.Cc1ccc(-c2ccc(Nc3nc(Cl)ncc3Br)c(P=O)c2)cn1.Clc1ncc(Br)c(Cl)n1. The predicted octanol–water partition coefficient (Wildman–Crippen LogP) is 11.1. The Morgan fingerprint density at radius 1 is 0.768 bits per heavy atom. The number of unbranched alkanes of at least 4 members (excludes halogenated alkanes) is 1. The summed E-state index contributed by atoms with van der Waals surface area (Å²) in [5.41, 5.74) is 13.0. The number of aryl methyl sites for hydroxylation is 2. The topological polar surface area (TPSA) is 170 Å². The van der Waals surface area contributed by atoms with Crippen molar-refractivity contribution in [1.29, 1.82) is 0 Å². The number of nitrogens with two attached hydrogens (primary N) is 1. The van der Waals surface area contributed by atoms with Crippen molar-refractivity contribution >= 4 is 110 Å². The fourth-order valence-electron chi connectivity index (χ4n) is 4.40. The summed E-state index contributed by atoms with van der Waals surface area (Å²) in [5, 5.41) is 13.1. The molecule has 6 rings (SSSR count). The highest BCUT2D eigenvalue weighted by Gasteiger charge is 2.16. The van der Waals surface area contributed by atoms with Gasteiger partial charge in [-0.1, -0.05) is 49.2 Å². The predicted molar refractivity (Wildman–Crippen MR) is 239 cm³/mol. The number of aromatic nitrogens is 6. The quantitative estimate of drug-likeness (QED) is 0.0574. The lowest BCUT2D eigenvalue weighted by atomic mass is 10.1. The summed E-state index contributed by atoms with van der Waals surface area (Å²) in [5.74, 6) is 0.504. The van der Waals surface area contributed by atoms with Crippen LogP contribution in [-0.2, 0) is 9.13 Å². The zero-order valence-electron chi connectivity index (χ0n) is 31.0. The molecule has 6 aromatic rings. The first-order chi connectivity index (χ1) is 26.6.